The first-order valence-electron chi connectivity index (χ1n) is 6.36. The van der Waals surface area contributed by atoms with Crippen molar-refractivity contribution in [1.82, 2.24) is 20.5 Å². The van der Waals surface area contributed by atoms with E-state index in [0.717, 1.165) is 29.4 Å². The molecule has 0 bridgehead atoms. The zero-order valence-electron chi connectivity index (χ0n) is 10.9. The van der Waals surface area contributed by atoms with Gasteiger partial charge in [-0.1, -0.05) is 0 Å². The van der Waals surface area contributed by atoms with Crippen molar-refractivity contribution >= 4 is 23.2 Å². The van der Waals surface area contributed by atoms with Crippen molar-refractivity contribution in [3.63, 3.8) is 0 Å². The monoisotopic (exact) mass is 282 g/mol. The van der Waals surface area contributed by atoms with E-state index in [1.54, 1.807) is 11.1 Å². The minimum Gasteiger partial charge on any atom is -0.343 e. The SMILES string of the molecule is Cc1ncc(CNC(=O)C(=O)N2CCCNCC2)s1. The second-order valence-electron chi connectivity index (χ2n) is 4.42. The van der Waals surface area contributed by atoms with Crippen LogP contribution in [0.4, 0.5) is 0 Å². The molecule has 1 saturated heterocycles. The number of nitrogens with one attached hydrogen (secondary N) is 2. The molecule has 1 fully saturated rings. The van der Waals surface area contributed by atoms with Gasteiger partial charge in [-0.3, -0.25) is 9.59 Å². The molecule has 2 N–H and O–H groups in total. The minimum atomic E-state index is -0.534. The summed E-state index contributed by atoms with van der Waals surface area (Å²) in [6, 6.07) is 0. The van der Waals surface area contributed by atoms with Gasteiger partial charge in [0.1, 0.15) is 0 Å². The fourth-order valence-electron chi connectivity index (χ4n) is 1.92. The maximum absolute atomic E-state index is 12.0. The van der Waals surface area contributed by atoms with Gasteiger partial charge in [0.05, 0.1) is 11.6 Å². The highest BCUT2D eigenvalue weighted by Gasteiger charge is 2.22. The van der Waals surface area contributed by atoms with E-state index in [0.29, 0.717) is 19.6 Å². The molecular weight excluding hydrogens is 264 g/mol. The first-order valence-corrected chi connectivity index (χ1v) is 7.17. The molecule has 1 aliphatic rings. The van der Waals surface area contributed by atoms with E-state index >= 15 is 0 Å². The van der Waals surface area contributed by atoms with Gasteiger partial charge in [0.15, 0.2) is 0 Å². The van der Waals surface area contributed by atoms with E-state index < -0.39 is 11.8 Å². The number of nitrogens with zero attached hydrogens (tertiary/aromatic N) is 2. The Morgan fingerprint density at radius 1 is 1.47 bits per heavy atom. The van der Waals surface area contributed by atoms with Crippen LogP contribution in [0.1, 0.15) is 16.3 Å². The smallest absolute Gasteiger partial charge is 0.311 e. The molecule has 2 amide bonds. The summed E-state index contributed by atoms with van der Waals surface area (Å²) in [5, 5.41) is 6.80. The normalized spacial score (nSPS) is 15.9. The Morgan fingerprint density at radius 2 is 2.32 bits per heavy atom. The first kappa shape index (κ1) is 14.0. The van der Waals surface area contributed by atoms with E-state index in [2.05, 4.69) is 15.6 Å². The van der Waals surface area contributed by atoms with Gasteiger partial charge in [-0.15, -0.1) is 11.3 Å². The van der Waals surface area contributed by atoms with E-state index in [4.69, 9.17) is 0 Å². The van der Waals surface area contributed by atoms with Crippen molar-refractivity contribution in [3.05, 3.63) is 16.1 Å². The van der Waals surface area contributed by atoms with Gasteiger partial charge in [0.2, 0.25) is 0 Å². The second kappa shape index (κ2) is 6.63. The van der Waals surface area contributed by atoms with E-state index in [9.17, 15) is 9.59 Å². The van der Waals surface area contributed by atoms with Gasteiger partial charge in [0.25, 0.3) is 0 Å². The van der Waals surface area contributed by atoms with Crippen molar-refractivity contribution in [2.75, 3.05) is 26.2 Å². The predicted octanol–water partition coefficient (Wildman–Crippen LogP) is -0.110. The van der Waals surface area contributed by atoms with Crippen LogP contribution in [0, 0.1) is 6.92 Å². The largest absolute Gasteiger partial charge is 0.343 e. The lowest BCUT2D eigenvalue weighted by atomic mass is 10.3. The average Bonchev–Trinajstić information content (AvgIpc) is 2.67. The molecule has 0 saturated carbocycles. The highest BCUT2D eigenvalue weighted by Crippen LogP contribution is 2.10. The molecule has 2 rings (SSSR count). The fraction of sp³-hybridized carbons (Fsp3) is 0.583. The summed E-state index contributed by atoms with van der Waals surface area (Å²) in [6.45, 7) is 5.14. The van der Waals surface area contributed by atoms with Gasteiger partial charge >= 0.3 is 11.8 Å². The number of thiazole rings is 1. The Bertz CT molecular complexity index is 452. The van der Waals surface area contributed by atoms with Crippen molar-refractivity contribution in [2.45, 2.75) is 19.9 Å². The molecule has 0 spiro atoms. The molecule has 0 aromatic carbocycles. The summed E-state index contributed by atoms with van der Waals surface area (Å²) in [6.07, 6.45) is 2.60. The van der Waals surface area contributed by atoms with Crippen LogP contribution in [0.3, 0.4) is 0 Å². The zero-order chi connectivity index (χ0) is 13.7. The van der Waals surface area contributed by atoms with Crippen LogP contribution in [0.5, 0.6) is 0 Å². The number of amides is 2. The minimum absolute atomic E-state index is 0.363. The Balaban J connectivity index is 1.83. The van der Waals surface area contributed by atoms with Crippen molar-refractivity contribution in [3.8, 4) is 0 Å². The van der Waals surface area contributed by atoms with Crippen molar-refractivity contribution in [1.29, 1.82) is 0 Å². The molecule has 1 aromatic heterocycles. The Morgan fingerprint density at radius 3 is 3.05 bits per heavy atom. The zero-order valence-corrected chi connectivity index (χ0v) is 11.8. The molecule has 0 atom stereocenters. The molecule has 0 unspecified atom stereocenters. The molecule has 0 radical (unpaired) electrons. The number of aryl methyl sites for hydroxylation is 1. The quantitative estimate of drug-likeness (QED) is 0.742. The van der Waals surface area contributed by atoms with Crippen molar-refractivity contribution < 1.29 is 9.59 Å². The third-order valence-electron chi connectivity index (χ3n) is 2.91. The maximum Gasteiger partial charge on any atom is 0.311 e. The standard InChI is InChI=1S/C12H18N4O2S/c1-9-14-7-10(19-9)8-15-11(17)12(18)16-5-2-3-13-4-6-16/h7,13H,2-6,8H2,1H3,(H,15,17). The fourth-order valence-corrected chi connectivity index (χ4v) is 2.66. The number of hydrogen-bond donors (Lipinski definition) is 2. The summed E-state index contributed by atoms with van der Waals surface area (Å²) in [4.78, 5) is 30.4. The molecule has 0 aliphatic carbocycles. The summed E-state index contributed by atoms with van der Waals surface area (Å²) >= 11 is 1.52. The molecule has 6 nitrogen and oxygen atoms in total. The van der Waals surface area contributed by atoms with Gasteiger partial charge in [0, 0.05) is 30.7 Å². The number of carbonyl (C=O) groups excluding carboxylic acids is 2. The van der Waals surface area contributed by atoms with E-state index in [-0.39, 0.29) is 0 Å². The van der Waals surface area contributed by atoms with Crippen LogP contribution < -0.4 is 10.6 Å². The lowest BCUT2D eigenvalue weighted by molar-refractivity contribution is -0.145. The van der Waals surface area contributed by atoms with E-state index in [1.165, 1.54) is 11.3 Å². The van der Waals surface area contributed by atoms with Crippen LogP contribution in [0.15, 0.2) is 6.20 Å². The Hall–Kier alpha value is -1.47. The molecule has 2 heterocycles. The van der Waals surface area contributed by atoms with Gasteiger partial charge in [-0.2, -0.15) is 0 Å². The Labute approximate surface area is 116 Å². The number of carbonyl (C=O) groups is 2. The van der Waals surface area contributed by atoms with Crippen LogP contribution in [0.25, 0.3) is 0 Å². The molecular formula is C12H18N4O2S. The van der Waals surface area contributed by atoms with Crippen LogP contribution >= 0.6 is 11.3 Å². The topological polar surface area (TPSA) is 74.3 Å². The third-order valence-corrected chi connectivity index (χ3v) is 3.83. The predicted molar refractivity (Wildman–Crippen MR) is 72.8 cm³/mol. The summed E-state index contributed by atoms with van der Waals surface area (Å²) in [5.41, 5.74) is 0. The third kappa shape index (κ3) is 4.00. The second-order valence-corrected chi connectivity index (χ2v) is 5.74. The highest BCUT2D eigenvalue weighted by atomic mass is 32.1. The molecule has 1 aliphatic heterocycles. The van der Waals surface area contributed by atoms with Crippen LogP contribution in [-0.2, 0) is 16.1 Å². The van der Waals surface area contributed by atoms with Gasteiger partial charge in [-0.05, 0) is 19.9 Å². The lowest BCUT2D eigenvalue weighted by Crippen LogP contribution is -2.44. The highest BCUT2D eigenvalue weighted by molar-refractivity contribution is 7.11. The van der Waals surface area contributed by atoms with E-state index in [1.807, 2.05) is 6.92 Å². The average molecular weight is 282 g/mol. The lowest BCUT2D eigenvalue weighted by Gasteiger charge is -2.18. The number of aromatic nitrogens is 1. The Kier molecular flexibility index (Phi) is 4.86. The van der Waals surface area contributed by atoms with Gasteiger partial charge < -0.3 is 15.5 Å². The van der Waals surface area contributed by atoms with Crippen LogP contribution in [0.2, 0.25) is 0 Å². The maximum atomic E-state index is 12.0. The summed E-state index contributed by atoms with van der Waals surface area (Å²) in [7, 11) is 0. The molecule has 104 valence electrons. The molecule has 1 aromatic rings. The first-order chi connectivity index (χ1) is 9.16. The van der Waals surface area contributed by atoms with Gasteiger partial charge in [-0.25, -0.2) is 4.98 Å². The molecule has 19 heavy (non-hydrogen) atoms. The number of rotatable bonds is 2. The molecule has 7 heteroatoms. The summed E-state index contributed by atoms with van der Waals surface area (Å²) < 4.78 is 0. The summed E-state index contributed by atoms with van der Waals surface area (Å²) in [5.74, 6) is -0.974. The number of hydrogen-bond acceptors (Lipinski definition) is 5. The van der Waals surface area contributed by atoms with Crippen LogP contribution in [-0.4, -0.2) is 47.9 Å². The van der Waals surface area contributed by atoms with Crippen molar-refractivity contribution in [2.24, 2.45) is 0 Å².